The van der Waals surface area contributed by atoms with Gasteiger partial charge in [-0.2, -0.15) is 4.31 Å². The van der Waals surface area contributed by atoms with Gasteiger partial charge in [0, 0.05) is 25.3 Å². The molecule has 0 radical (unpaired) electrons. The Morgan fingerprint density at radius 2 is 1.51 bits per heavy atom. The molecule has 10 nitrogen and oxygen atoms in total. The van der Waals surface area contributed by atoms with E-state index in [1.165, 1.54) is 40.7 Å². The summed E-state index contributed by atoms with van der Waals surface area (Å²) in [5, 5.41) is 2.72. The average molecular weight is 574 g/mol. The molecule has 1 heterocycles. The van der Waals surface area contributed by atoms with Crippen molar-refractivity contribution in [3.8, 4) is 5.75 Å². The summed E-state index contributed by atoms with van der Waals surface area (Å²) in [5.74, 6) is -0.0407. The number of anilines is 1. The fourth-order valence-corrected chi connectivity index (χ4v) is 6.31. The van der Waals surface area contributed by atoms with Crippen molar-refractivity contribution >= 4 is 31.6 Å². The number of sulfonamides is 2. The maximum Gasteiger partial charge on any atom is 0.261 e. The summed E-state index contributed by atoms with van der Waals surface area (Å²) in [6.07, 6.45) is 0. The van der Waals surface area contributed by atoms with Gasteiger partial charge in [-0.05, 0) is 79.1 Å². The van der Waals surface area contributed by atoms with Crippen molar-refractivity contribution in [1.29, 1.82) is 0 Å². The smallest absolute Gasteiger partial charge is 0.261 e. The van der Waals surface area contributed by atoms with Crippen LogP contribution in [0.1, 0.15) is 16.7 Å². The zero-order valence-electron chi connectivity index (χ0n) is 21.7. The topological polar surface area (TPSA) is 131 Å². The summed E-state index contributed by atoms with van der Waals surface area (Å²) in [6.45, 7) is 5.18. The second kappa shape index (κ2) is 12.2. The minimum absolute atomic E-state index is 0.0663. The maximum atomic E-state index is 12.7. The SMILES string of the molecule is Cc1ccc(NS(=O)(=O)c2ccc(OCC(=O)NCc3ccc(S(=O)(=O)N4CCOCC4)cc3)cc2)cc1C. The van der Waals surface area contributed by atoms with Crippen molar-refractivity contribution in [1.82, 2.24) is 9.62 Å². The Kier molecular flexibility index (Phi) is 8.90. The average Bonchev–Trinajstić information content (AvgIpc) is 2.93. The zero-order chi connectivity index (χ0) is 28.0. The Bertz CT molecular complexity index is 1520. The van der Waals surface area contributed by atoms with Crippen molar-refractivity contribution in [2.24, 2.45) is 0 Å². The van der Waals surface area contributed by atoms with E-state index >= 15 is 0 Å². The molecule has 0 aliphatic carbocycles. The van der Waals surface area contributed by atoms with E-state index in [9.17, 15) is 21.6 Å². The van der Waals surface area contributed by atoms with Gasteiger partial charge in [-0.25, -0.2) is 16.8 Å². The summed E-state index contributed by atoms with van der Waals surface area (Å²) >= 11 is 0. The number of nitrogens with zero attached hydrogens (tertiary/aromatic N) is 1. The first-order valence-corrected chi connectivity index (χ1v) is 15.2. The third kappa shape index (κ3) is 7.35. The van der Waals surface area contributed by atoms with E-state index in [1.807, 2.05) is 19.9 Å². The summed E-state index contributed by atoms with van der Waals surface area (Å²) < 4.78 is 65.5. The van der Waals surface area contributed by atoms with Crippen molar-refractivity contribution in [2.75, 3.05) is 37.6 Å². The Morgan fingerprint density at radius 1 is 0.872 bits per heavy atom. The summed E-state index contributed by atoms with van der Waals surface area (Å²) in [5.41, 5.74) is 3.25. The second-order valence-corrected chi connectivity index (χ2v) is 12.7. The van der Waals surface area contributed by atoms with Crippen molar-refractivity contribution in [3.63, 3.8) is 0 Å². The lowest BCUT2D eigenvalue weighted by Gasteiger charge is -2.26. The van der Waals surface area contributed by atoms with E-state index in [0.717, 1.165) is 16.7 Å². The highest BCUT2D eigenvalue weighted by Gasteiger charge is 2.26. The molecule has 12 heteroatoms. The Morgan fingerprint density at radius 3 is 2.15 bits per heavy atom. The van der Waals surface area contributed by atoms with Crippen molar-refractivity contribution < 1.29 is 31.1 Å². The van der Waals surface area contributed by atoms with Gasteiger partial charge < -0.3 is 14.8 Å². The van der Waals surface area contributed by atoms with E-state index in [0.29, 0.717) is 37.7 Å². The van der Waals surface area contributed by atoms with Crippen LogP contribution in [0.4, 0.5) is 5.69 Å². The lowest BCUT2D eigenvalue weighted by molar-refractivity contribution is -0.123. The van der Waals surface area contributed by atoms with E-state index in [2.05, 4.69) is 10.0 Å². The molecule has 208 valence electrons. The first kappa shape index (κ1) is 28.6. The van der Waals surface area contributed by atoms with Gasteiger partial charge in [0.2, 0.25) is 10.0 Å². The molecule has 0 unspecified atom stereocenters. The molecule has 1 fully saturated rings. The van der Waals surface area contributed by atoms with Crippen LogP contribution in [0.25, 0.3) is 0 Å². The molecule has 4 rings (SSSR count). The third-order valence-electron chi connectivity index (χ3n) is 6.28. The van der Waals surface area contributed by atoms with Crippen molar-refractivity contribution in [2.45, 2.75) is 30.2 Å². The highest BCUT2D eigenvalue weighted by atomic mass is 32.2. The molecule has 3 aromatic rings. The molecule has 3 aromatic carbocycles. The van der Waals surface area contributed by atoms with E-state index in [-0.39, 0.29) is 28.8 Å². The molecular weight excluding hydrogens is 542 g/mol. The van der Waals surface area contributed by atoms with Crippen LogP contribution in [-0.2, 0) is 36.1 Å². The van der Waals surface area contributed by atoms with Gasteiger partial charge in [-0.3, -0.25) is 9.52 Å². The zero-order valence-corrected chi connectivity index (χ0v) is 23.3. The molecule has 2 N–H and O–H groups in total. The van der Waals surface area contributed by atoms with Crippen LogP contribution in [0, 0.1) is 13.8 Å². The fourth-order valence-electron chi connectivity index (χ4n) is 3.85. The van der Waals surface area contributed by atoms with Crippen LogP contribution in [0.2, 0.25) is 0 Å². The van der Waals surface area contributed by atoms with Crippen LogP contribution < -0.4 is 14.8 Å². The van der Waals surface area contributed by atoms with Gasteiger partial charge in [-0.15, -0.1) is 0 Å². The second-order valence-electron chi connectivity index (χ2n) is 9.10. The third-order valence-corrected chi connectivity index (χ3v) is 9.59. The van der Waals surface area contributed by atoms with Gasteiger partial charge in [0.05, 0.1) is 23.0 Å². The normalized spacial score (nSPS) is 14.5. The number of carbonyl (C=O) groups excluding carboxylic acids is 1. The number of amides is 1. The molecule has 0 aromatic heterocycles. The van der Waals surface area contributed by atoms with Crippen molar-refractivity contribution in [3.05, 3.63) is 83.4 Å². The highest BCUT2D eigenvalue weighted by molar-refractivity contribution is 7.92. The minimum atomic E-state index is -3.78. The van der Waals surface area contributed by atoms with Crippen LogP contribution in [0.3, 0.4) is 0 Å². The molecular formula is C27H31N3O7S2. The molecule has 0 saturated carbocycles. The lowest BCUT2D eigenvalue weighted by atomic mass is 10.1. The standard InChI is InChI=1S/C27H31N3O7S2/c1-20-3-6-23(17-21(20)2)29-38(32,33)25-11-7-24(8-12-25)37-19-27(31)28-18-22-4-9-26(10-5-22)39(34,35)30-13-15-36-16-14-30/h3-12,17,29H,13-16,18-19H2,1-2H3,(H,28,31). The first-order chi connectivity index (χ1) is 18.5. The predicted octanol–water partition coefficient (Wildman–Crippen LogP) is 2.82. The number of morpholine rings is 1. The van der Waals surface area contributed by atoms with E-state index < -0.39 is 20.0 Å². The van der Waals surface area contributed by atoms with Gasteiger partial charge in [-0.1, -0.05) is 18.2 Å². The molecule has 1 amide bonds. The fraction of sp³-hybridized carbons (Fsp3) is 0.296. The Hall–Kier alpha value is -3.45. The van der Waals surface area contributed by atoms with E-state index in [4.69, 9.17) is 9.47 Å². The number of carbonyl (C=O) groups is 1. The molecule has 0 bridgehead atoms. The number of benzene rings is 3. The number of ether oxygens (including phenoxy) is 2. The summed E-state index contributed by atoms with van der Waals surface area (Å²) in [6, 6.07) is 17.4. The van der Waals surface area contributed by atoms with Crippen LogP contribution >= 0.6 is 0 Å². The number of hydrogen-bond donors (Lipinski definition) is 2. The quantitative estimate of drug-likeness (QED) is 0.381. The molecule has 1 aliphatic heterocycles. The first-order valence-electron chi connectivity index (χ1n) is 12.3. The number of aryl methyl sites for hydroxylation is 2. The largest absolute Gasteiger partial charge is 0.484 e. The van der Waals surface area contributed by atoms with Gasteiger partial charge in [0.25, 0.3) is 15.9 Å². The van der Waals surface area contributed by atoms with Gasteiger partial charge in [0.15, 0.2) is 6.61 Å². The van der Waals surface area contributed by atoms with E-state index in [1.54, 1.807) is 24.3 Å². The molecule has 0 spiro atoms. The summed E-state index contributed by atoms with van der Waals surface area (Å²) in [7, 11) is -7.36. The maximum absolute atomic E-state index is 12.7. The minimum Gasteiger partial charge on any atom is -0.484 e. The van der Waals surface area contributed by atoms with Crippen LogP contribution in [0.15, 0.2) is 76.5 Å². The van der Waals surface area contributed by atoms with Crippen LogP contribution in [0.5, 0.6) is 5.75 Å². The molecule has 1 saturated heterocycles. The number of rotatable bonds is 10. The molecule has 39 heavy (non-hydrogen) atoms. The van der Waals surface area contributed by atoms with Gasteiger partial charge in [0.1, 0.15) is 5.75 Å². The van der Waals surface area contributed by atoms with Gasteiger partial charge >= 0.3 is 0 Å². The number of nitrogens with one attached hydrogen (secondary N) is 2. The lowest BCUT2D eigenvalue weighted by Crippen LogP contribution is -2.40. The number of hydrogen-bond acceptors (Lipinski definition) is 7. The summed E-state index contributed by atoms with van der Waals surface area (Å²) in [4.78, 5) is 12.5. The predicted molar refractivity (Wildman–Crippen MR) is 147 cm³/mol. The van der Waals surface area contributed by atoms with Crippen LogP contribution in [-0.4, -0.2) is 60.0 Å². The molecule has 1 aliphatic rings. The Labute approximate surface area is 229 Å². The Balaban J connectivity index is 1.26. The highest BCUT2D eigenvalue weighted by Crippen LogP contribution is 2.21. The molecule has 0 atom stereocenters. The monoisotopic (exact) mass is 573 g/mol.